The van der Waals surface area contributed by atoms with Crippen molar-refractivity contribution in [2.24, 2.45) is 0 Å². The standard InChI is InChI=1S/C21H17NO2/c1-3-5-8-14-15-11-12-16-13-9-6-7-10-17(13)21(23)24-20(16)19(15)22-18(14)4-2/h3,5-12,22H,1,4H2,2H3/b8-5-. The summed E-state index contributed by atoms with van der Waals surface area (Å²) in [4.78, 5) is 15.8. The Balaban J connectivity index is 2.19. The van der Waals surface area contributed by atoms with Gasteiger partial charge in [-0.1, -0.05) is 56.0 Å². The van der Waals surface area contributed by atoms with E-state index in [0.29, 0.717) is 11.0 Å². The van der Waals surface area contributed by atoms with E-state index in [1.165, 1.54) is 0 Å². The van der Waals surface area contributed by atoms with Crippen molar-refractivity contribution in [3.63, 3.8) is 0 Å². The van der Waals surface area contributed by atoms with Gasteiger partial charge >= 0.3 is 5.63 Å². The second-order valence-electron chi connectivity index (χ2n) is 5.77. The molecule has 3 nitrogen and oxygen atoms in total. The number of hydrogen-bond donors (Lipinski definition) is 1. The Morgan fingerprint density at radius 3 is 2.58 bits per heavy atom. The summed E-state index contributed by atoms with van der Waals surface area (Å²) in [5.74, 6) is 0. The number of aromatic nitrogens is 1. The van der Waals surface area contributed by atoms with Gasteiger partial charge in [0.25, 0.3) is 0 Å². The molecule has 24 heavy (non-hydrogen) atoms. The Hall–Kier alpha value is -3.07. The number of fused-ring (bicyclic) bond motifs is 5. The molecular weight excluding hydrogens is 298 g/mol. The van der Waals surface area contributed by atoms with Crippen LogP contribution in [0, 0.1) is 0 Å². The highest BCUT2D eigenvalue weighted by molar-refractivity contribution is 6.14. The Morgan fingerprint density at radius 2 is 1.83 bits per heavy atom. The predicted molar refractivity (Wildman–Crippen MR) is 100 cm³/mol. The number of rotatable bonds is 3. The smallest absolute Gasteiger partial charge is 0.344 e. The Bertz CT molecular complexity index is 1180. The average molecular weight is 315 g/mol. The van der Waals surface area contributed by atoms with Crippen LogP contribution in [-0.2, 0) is 6.42 Å². The number of allylic oxidation sites excluding steroid dienone is 2. The average Bonchev–Trinajstić information content (AvgIpc) is 2.98. The van der Waals surface area contributed by atoms with Crippen molar-refractivity contribution in [1.29, 1.82) is 0 Å². The third-order valence-corrected chi connectivity index (χ3v) is 4.43. The minimum Gasteiger partial charge on any atom is -0.420 e. The van der Waals surface area contributed by atoms with Gasteiger partial charge in [0.2, 0.25) is 0 Å². The highest BCUT2D eigenvalue weighted by Crippen LogP contribution is 2.33. The fraction of sp³-hybridized carbons (Fsp3) is 0.0952. The molecule has 2 aromatic carbocycles. The van der Waals surface area contributed by atoms with Crippen LogP contribution in [0.5, 0.6) is 0 Å². The summed E-state index contributed by atoms with van der Waals surface area (Å²) in [6.45, 7) is 5.84. The van der Waals surface area contributed by atoms with Crippen LogP contribution in [0.15, 0.2) is 64.3 Å². The molecule has 4 rings (SSSR count). The van der Waals surface area contributed by atoms with E-state index in [1.807, 2.05) is 36.4 Å². The predicted octanol–water partition coefficient (Wildman–Crippen LogP) is 5.19. The zero-order valence-corrected chi connectivity index (χ0v) is 13.4. The lowest BCUT2D eigenvalue weighted by Crippen LogP contribution is -1.99. The van der Waals surface area contributed by atoms with Gasteiger partial charge in [0, 0.05) is 22.0 Å². The second-order valence-corrected chi connectivity index (χ2v) is 5.77. The van der Waals surface area contributed by atoms with Crippen molar-refractivity contribution >= 4 is 38.7 Å². The molecule has 0 aliphatic heterocycles. The molecule has 0 amide bonds. The molecule has 118 valence electrons. The first-order chi connectivity index (χ1) is 11.7. The molecular formula is C21H17NO2. The van der Waals surface area contributed by atoms with Gasteiger partial charge in [-0.25, -0.2) is 4.79 Å². The third kappa shape index (κ3) is 2.02. The summed E-state index contributed by atoms with van der Waals surface area (Å²) >= 11 is 0. The van der Waals surface area contributed by atoms with Crippen LogP contribution < -0.4 is 5.63 Å². The van der Waals surface area contributed by atoms with Gasteiger partial charge in [-0.05, 0) is 23.9 Å². The van der Waals surface area contributed by atoms with Crippen LogP contribution in [0.25, 0.3) is 38.7 Å². The molecule has 4 aromatic rings. The van der Waals surface area contributed by atoms with Crippen LogP contribution in [0.2, 0.25) is 0 Å². The molecule has 0 saturated carbocycles. The summed E-state index contributed by atoms with van der Waals surface area (Å²) in [7, 11) is 0. The fourth-order valence-corrected chi connectivity index (χ4v) is 3.31. The number of H-pyrrole nitrogens is 1. The molecule has 0 unspecified atom stereocenters. The SMILES string of the molecule is C=C/C=C\c1c(CC)[nH]c2c1ccc1c3ccccc3c(=O)oc12. The van der Waals surface area contributed by atoms with E-state index in [4.69, 9.17) is 4.42 Å². The maximum atomic E-state index is 12.4. The van der Waals surface area contributed by atoms with Gasteiger partial charge in [-0.15, -0.1) is 0 Å². The van der Waals surface area contributed by atoms with Crippen LogP contribution in [0.1, 0.15) is 18.2 Å². The lowest BCUT2D eigenvalue weighted by Gasteiger charge is -2.03. The zero-order chi connectivity index (χ0) is 16.7. The third-order valence-electron chi connectivity index (χ3n) is 4.43. The van der Waals surface area contributed by atoms with E-state index in [-0.39, 0.29) is 5.63 Å². The molecule has 0 saturated heterocycles. The first kappa shape index (κ1) is 14.5. The summed E-state index contributed by atoms with van der Waals surface area (Å²) in [5, 5.41) is 3.52. The number of nitrogens with one attached hydrogen (secondary N) is 1. The van der Waals surface area contributed by atoms with Crippen molar-refractivity contribution in [2.75, 3.05) is 0 Å². The quantitative estimate of drug-likeness (QED) is 0.321. The van der Waals surface area contributed by atoms with E-state index in [2.05, 4.69) is 24.6 Å². The Labute approximate surface area is 138 Å². The van der Waals surface area contributed by atoms with Crippen molar-refractivity contribution in [3.05, 3.63) is 76.8 Å². The van der Waals surface area contributed by atoms with Crippen LogP contribution in [0.4, 0.5) is 0 Å². The van der Waals surface area contributed by atoms with Crippen LogP contribution in [0.3, 0.4) is 0 Å². The maximum Gasteiger partial charge on any atom is 0.344 e. The van der Waals surface area contributed by atoms with Crippen molar-refractivity contribution in [1.82, 2.24) is 4.98 Å². The molecule has 0 aliphatic rings. The highest BCUT2D eigenvalue weighted by Gasteiger charge is 2.15. The minimum atomic E-state index is -0.304. The lowest BCUT2D eigenvalue weighted by molar-refractivity contribution is 0.572. The number of hydrogen-bond acceptors (Lipinski definition) is 2. The van der Waals surface area contributed by atoms with E-state index < -0.39 is 0 Å². The second kappa shape index (κ2) is 5.53. The zero-order valence-electron chi connectivity index (χ0n) is 13.4. The van der Waals surface area contributed by atoms with E-state index in [1.54, 1.807) is 12.1 Å². The summed E-state index contributed by atoms with van der Waals surface area (Å²) in [5.41, 5.74) is 3.41. The molecule has 0 spiro atoms. The molecule has 0 bridgehead atoms. The van der Waals surface area contributed by atoms with Crippen molar-refractivity contribution < 1.29 is 4.42 Å². The highest BCUT2D eigenvalue weighted by atomic mass is 16.4. The van der Waals surface area contributed by atoms with E-state index in [9.17, 15) is 4.79 Å². The molecule has 0 fully saturated rings. The van der Waals surface area contributed by atoms with Gasteiger partial charge in [0.15, 0.2) is 5.58 Å². The molecule has 0 aliphatic carbocycles. The molecule has 1 N–H and O–H groups in total. The summed E-state index contributed by atoms with van der Waals surface area (Å²) < 4.78 is 5.67. The van der Waals surface area contributed by atoms with Gasteiger partial charge in [-0.2, -0.15) is 0 Å². The molecule has 3 heteroatoms. The Morgan fingerprint density at radius 1 is 1.08 bits per heavy atom. The van der Waals surface area contributed by atoms with Gasteiger partial charge in [-0.3, -0.25) is 0 Å². The molecule has 2 aromatic heterocycles. The fourth-order valence-electron chi connectivity index (χ4n) is 3.31. The molecule has 0 atom stereocenters. The van der Waals surface area contributed by atoms with E-state index in [0.717, 1.165) is 39.4 Å². The summed E-state index contributed by atoms with van der Waals surface area (Å²) in [6.07, 6.45) is 6.58. The van der Waals surface area contributed by atoms with Crippen molar-refractivity contribution in [2.45, 2.75) is 13.3 Å². The monoisotopic (exact) mass is 315 g/mol. The number of aryl methyl sites for hydroxylation is 1. The largest absolute Gasteiger partial charge is 0.420 e. The van der Waals surface area contributed by atoms with Gasteiger partial charge < -0.3 is 9.40 Å². The molecule has 0 radical (unpaired) electrons. The number of aromatic amines is 1. The molecule has 2 heterocycles. The normalized spacial score (nSPS) is 11.9. The minimum absolute atomic E-state index is 0.304. The topological polar surface area (TPSA) is 46.0 Å². The van der Waals surface area contributed by atoms with E-state index >= 15 is 0 Å². The summed E-state index contributed by atoms with van der Waals surface area (Å²) in [6, 6.07) is 11.7. The lowest BCUT2D eigenvalue weighted by atomic mass is 10.0. The van der Waals surface area contributed by atoms with Crippen molar-refractivity contribution in [3.8, 4) is 0 Å². The van der Waals surface area contributed by atoms with Crippen LogP contribution >= 0.6 is 0 Å². The van der Waals surface area contributed by atoms with Crippen LogP contribution in [-0.4, -0.2) is 4.98 Å². The Kier molecular flexibility index (Phi) is 3.35. The maximum absolute atomic E-state index is 12.4. The van der Waals surface area contributed by atoms with Gasteiger partial charge in [0.1, 0.15) is 0 Å². The first-order valence-corrected chi connectivity index (χ1v) is 8.02. The first-order valence-electron chi connectivity index (χ1n) is 8.02. The number of benzene rings is 2. The van der Waals surface area contributed by atoms with Gasteiger partial charge in [0.05, 0.1) is 10.9 Å².